The standard InChI is InChI=1S/C19H25N3OS3/c1-13-9-7-8-12-16(13)22-19(24)26-18(21-22)25-14(2)17(23)20-15-10-5-3-4-6-11-15/h7-9,12,14-15H,3-6,10-11H2,1-2H3,(H,20,23)/t14-/m0/s1. The Bertz CT molecular complexity index is 806. The highest BCUT2D eigenvalue weighted by Gasteiger charge is 2.21. The molecular weight excluding hydrogens is 382 g/mol. The molecule has 2 aromatic rings. The minimum atomic E-state index is -0.177. The molecule has 1 atom stereocenters. The van der Waals surface area contributed by atoms with Crippen molar-refractivity contribution in [3.8, 4) is 5.69 Å². The number of hydrogen-bond acceptors (Lipinski definition) is 5. The second-order valence-corrected chi connectivity index (χ2v) is 10.00. The summed E-state index contributed by atoms with van der Waals surface area (Å²) in [6.07, 6.45) is 7.21. The van der Waals surface area contributed by atoms with Crippen molar-refractivity contribution in [3.05, 3.63) is 33.8 Å². The van der Waals surface area contributed by atoms with E-state index in [1.54, 1.807) is 4.68 Å². The highest BCUT2D eigenvalue weighted by Crippen LogP contribution is 2.29. The lowest BCUT2D eigenvalue weighted by Crippen LogP contribution is -2.39. The fourth-order valence-corrected chi connectivity index (χ4v) is 5.71. The lowest BCUT2D eigenvalue weighted by atomic mass is 10.1. The first-order chi connectivity index (χ1) is 12.5. The summed E-state index contributed by atoms with van der Waals surface area (Å²) in [7, 11) is 0. The molecule has 1 saturated carbocycles. The topological polar surface area (TPSA) is 46.9 Å². The number of thioether (sulfide) groups is 1. The number of carbonyl (C=O) groups excluding carboxylic acids is 1. The maximum Gasteiger partial charge on any atom is 0.233 e. The minimum absolute atomic E-state index is 0.102. The van der Waals surface area contributed by atoms with Gasteiger partial charge in [0.15, 0.2) is 8.29 Å². The van der Waals surface area contributed by atoms with Crippen molar-refractivity contribution in [1.29, 1.82) is 0 Å². The van der Waals surface area contributed by atoms with Crippen LogP contribution in [0.3, 0.4) is 0 Å². The molecule has 4 nitrogen and oxygen atoms in total. The smallest absolute Gasteiger partial charge is 0.233 e. The van der Waals surface area contributed by atoms with Crippen LogP contribution in [0.5, 0.6) is 0 Å². The van der Waals surface area contributed by atoms with Crippen LogP contribution in [0.4, 0.5) is 0 Å². The largest absolute Gasteiger partial charge is 0.352 e. The monoisotopic (exact) mass is 407 g/mol. The normalized spacial score (nSPS) is 16.8. The molecule has 1 fully saturated rings. The SMILES string of the molecule is Cc1ccccc1-n1nc(S[C@@H](C)C(=O)NC2CCCCCC2)sc1=S. The second-order valence-electron chi connectivity index (χ2n) is 6.79. The van der Waals surface area contributed by atoms with Gasteiger partial charge in [-0.05, 0) is 50.5 Å². The van der Waals surface area contributed by atoms with Gasteiger partial charge in [0.2, 0.25) is 5.91 Å². The molecule has 26 heavy (non-hydrogen) atoms. The lowest BCUT2D eigenvalue weighted by Gasteiger charge is -2.18. The number of aromatic nitrogens is 2. The summed E-state index contributed by atoms with van der Waals surface area (Å²) in [5.41, 5.74) is 2.13. The molecule has 140 valence electrons. The molecule has 1 aromatic heterocycles. The van der Waals surface area contributed by atoms with E-state index in [-0.39, 0.29) is 11.2 Å². The third-order valence-corrected chi connectivity index (χ3v) is 7.14. The number of rotatable bonds is 5. The minimum Gasteiger partial charge on any atom is -0.352 e. The molecule has 3 rings (SSSR count). The maximum atomic E-state index is 12.6. The number of benzene rings is 1. The van der Waals surface area contributed by atoms with Crippen LogP contribution in [0.15, 0.2) is 28.6 Å². The number of hydrogen-bond donors (Lipinski definition) is 1. The van der Waals surface area contributed by atoms with E-state index in [1.165, 1.54) is 48.8 Å². The molecule has 0 bridgehead atoms. The number of aryl methyl sites for hydroxylation is 1. The third kappa shape index (κ3) is 4.96. The number of carbonyl (C=O) groups is 1. The van der Waals surface area contributed by atoms with E-state index in [2.05, 4.69) is 10.4 Å². The molecule has 1 amide bonds. The van der Waals surface area contributed by atoms with E-state index in [0.29, 0.717) is 10.00 Å². The summed E-state index contributed by atoms with van der Waals surface area (Å²) in [6, 6.07) is 8.38. The van der Waals surface area contributed by atoms with Gasteiger partial charge in [-0.1, -0.05) is 67.0 Å². The van der Waals surface area contributed by atoms with E-state index < -0.39 is 0 Å². The predicted molar refractivity (Wildman–Crippen MR) is 112 cm³/mol. The van der Waals surface area contributed by atoms with Gasteiger partial charge in [-0.25, -0.2) is 4.68 Å². The number of nitrogens with one attached hydrogen (secondary N) is 1. The summed E-state index contributed by atoms with van der Waals surface area (Å²) in [5.74, 6) is 0.102. The lowest BCUT2D eigenvalue weighted by molar-refractivity contribution is -0.121. The first-order valence-electron chi connectivity index (χ1n) is 9.18. The first kappa shape index (κ1) is 19.6. The molecule has 0 radical (unpaired) electrons. The predicted octanol–water partition coefficient (Wildman–Crippen LogP) is 5.29. The van der Waals surface area contributed by atoms with E-state index in [0.717, 1.165) is 28.4 Å². The number of amides is 1. The van der Waals surface area contributed by atoms with Crippen LogP contribution in [0.2, 0.25) is 0 Å². The van der Waals surface area contributed by atoms with Crippen LogP contribution in [0.1, 0.15) is 51.0 Å². The van der Waals surface area contributed by atoms with Crippen LogP contribution in [-0.2, 0) is 4.79 Å². The van der Waals surface area contributed by atoms with Crippen LogP contribution >= 0.6 is 35.3 Å². The molecule has 0 unspecified atom stereocenters. The zero-order valence-corrected chi connectivity index (χ0v) is 17.7. The van der Waals surface area contributed by atoms with Crippen molar-refractivity contribution in [2.24, 2.45) is 0 Å². The molecule has 1 N–H and O–H groups in total. The zero-order chi connectivity index (χ0) is 18.5. The quantitative estimate of drug-likeness (QED) is 0.415. The summed E-state index contributed by atoms with van der Waals surface area (Å²) in [4.78, 5) is 12.6. The van der Waals surface area contributed by atoms with Crippen LogP contribution in [0, 0.1) is 10.9 Å². The van der Waals surface area contributed by atoms with E-state index in [4.69, 9.17) is 12.2 Å². The zero-order valence-electron chi connectivity index (χ0n) is 15.2. The van der Waals surface area contributed by atoms with Gasteiger partial charge in [-0.3, -0.25) is 4.79 Å². The Morgan fingerprint density at radius 3 is 2.69 bits per heavy atom. The summed E-state index contributed by atoms with van der Waals surface area (Å²) in [6.45, 7) is 3.99. The van der Waals surface area contributed by atoms with Gasteiger partial charge >= 0.3 is 0 Å². The van der Waals surface area contributed by atoms with Crippen LogP contribution in [-0.4, -0.2) is 27.0 Å². The van der Waals surface area contributed by atoms with Gasteiger partial charge in [0.05, 0.1) is 10.9 Å². The summed E-state index contributed by atoms with van der Waals surface area (Å²) >= 11 is 8.44. The fourth-order valence-electron chi connectivity index (χ4n) is 3.21. The van der Waals surface area contributed by atoms with E-state index in [9.17, 15) is 4.79 Å². The Morgan fingerprint density at radius 2 is 2.00 bits per heavy atom. The Balaban J connectivity index is 1.65. The van der Waals surface area contributed by atoms with Gasteiger partial charge in [-0.2, -0.15) is 0 Å². The Labute approximate surface area is 168 Å². The molecule has 7 heteroatoms. The molecule has 1 heterocycles. The van der Waals surface area contributed by atoms with Crippen molar-refractivity contribution >= 4 is 41.2 Å². The van der Waals surface area contributed by atoms with Gasteiger partial charge in [0.1, 0.15) is 0 Å². The van der Waals surface area contributed by atoms with Crippen LogP contribution < -0.4 is 5.32 Å². The van der Waals surface area contributed by atoms with Crippen molar-refractivity contribution in [1.82, 2.24) is 15.1 Å². The maximum absolute atomic E-state index is 12.6. The first-order valence-corrected chi connectivity index (χ1v) is 11.3. The van der Waals surface area contributed by atoms with Gasteiger partial charge in [0.25, 0.3) is 0 Å². The average Bonchev–Trinajstić information content (AvgIpc) is 2.81. The summed E-state index contributed by atoms with van der Waals surface area (Å²) < 4.78 is 3.34. The molecule has 1 aromatic carbocycles. The van der Waals surface area contributed by atoms with Gasteiger partial charge in [-0.15, -0.1) is 5.10 Å². The molecule has 1 aliphatic rings. The average molecular weight is 408 g/mol. The van der Waals surface area contributed by atoms with E-state index in [1.807, 2.05) is 38.1 Å². The van der Waals surface area contributed by atoms with Crippen LogP contribution in [0.25, 0.3) is 5.69 Å². The van der Waals surface area contributed by atoms with Crippen molar-refractivity contribution in [3.63, 3.8) is 0 Å². The highest BCUT2D eigenvalue weighted by molar-refractivity contribution is 8.02. The third-order valence-electron chi connectivity index (χ3n) is 4.72. The molecule has 0 spiro atoms. The molecular formula is C19H25N3OS3. The molecule has 0 aliphatic heterocycles. The Hall–Kier alpha value is -1.18. The van der Waals surface area contributed by atoms with Crippen molar-refractivity contribution in [2.75, 3.05) is 0 Å². The number of para-hydroxylation sites is 1. The fraction of sp³-hybridized carbons (Fsp3) is 0.526. The Morgan fingerprint density at radius 1 is 1.31 bits per heavy atom. The highest BCUT2D eigenvalue weighted by atomic mass is 32.2. The van der Waals surface area contributed by atoms with Gasteiger partial charge in [0, 0.05) is 6.04 Å². The summed E-state index contributed by atoms with van der Waals surface area (Å²) in [5, 5.41) is 7.69. The Kier molecular flexibility index (Phi) is 6.89. The van der Waals surface area contributed by atoms with Crippen molar-refractivity contribution < 1.29 is 4.79 Å². The van der Waals surface area contributed by atoms with Gasteiger partial charge < -0.3 is 5.32 Å². The number of nitrogens with zero attached hydrogens (tertiary/aromatic N) is 2. The molecule has 1 aliphatic carbocycles. The second kappa shape index (κ2) is 9.15. The molecule has 0 saturated heterocycles. The van der Waals surface area contributed by atoms with Crippen molar-refractivity contribution in [2.45, 2.75) is 68.0 Å². The van der Waals surface area contributed by atoms with E-state index >= 15 is 0 Å².